The molecular formula is C16H25N3O. The highest BCUT2D eigenvalue weighted by atomic mass is 16.1. The molecule has 110 valence electrons. The van der Waals surface area contributed by atoms with Crippen molar-refractivity contribution >= 4 is 11.6 Å². The van der Waals surface area contributed by atoms with E-state index in [2.05, 4.69) is 10.2 Å². The predicted octanol–water partition coefficient (Wildman–Crippen LogP) is 2.14. The van der Waals surface area contributed by atoms with Crippen molar-refractivity contribution in [3.8, 4) is 0 Å². The van der Waals surface area contributed by atoms with Gasteiger partial charge in [-0.05, 0) is 57.0 Å². The van der Waals surface area contributed by atoms with Gasteiger partial charge < -0.3 is 16.0 Å². The van der Waals surface area contributed by atoms with Gasteiger partial charge in [0.15, 0.2) is 0 Å². The van der Waals surface area contributed by atoms with Gasteiger partial charge in [0.05, 0.1) is 0 Å². The van der Waals surface area contributed by atoms with Crippen molar-refractivity contribution in [2.45, 2.75) is 38.6 Å². The molecule has 0 spiro atoms. The van der Waals surface area contributed by atoms with Crippen LogP contribution in [0.2, 0.25) is 0 Å². The quantitative estimate of drug-likeness (QED) is 0.865. The molecule has 1 amide bonds. The third-order valence-electron chi connectivity index (χ3n) is 3.72. The third-order valence-corrected chi connectivity index (χ3v) is 3.72. The average Bonchev–Trinajstić information content (AvgIpc) is 2.38. The van der Waals surface area contributed by atoms with Gasteiger partial charge in [0, 0.05) is 24.7 Å². The van der Waals surface area contributed by atoms with E-state index >= 15 is 0 Å². The molecule has 0 radical (unpaired) electrons. The summed E-state index contributed by atoms with van der Waals surface area (Å²) in [6.45, 7) is 5.08. The maximum Gasteiger partial charge on any atom is 0.224 e. The molecule has 1 aromatic carbocycles. The summed E-state index contributed by atoms with van der Waals surface area (Å²) in [5.74, 6) is 0.0944. The van der Waals surface area contributed by atoms with E-state index < -0.39 is 0 Å². The Kier molecular flexibility index (Phi) is 5.56. The molecule has 0 saturated carbocycles. The number of nitrogens with zero attached hydrogens (tertiary/aromatic N) is 1. The number of carbonyl (C=O) groups is 1. The predicted molar refractivity (Wildman–Crippen MR) is 82.7 cm³/mol. The summed E-state index contributed by atoms with van der Waals surface area (Å²) < 4.78 is 0. The number of hydrogen-bond acceptors (Lipinski definition) is 3. The van der Waals surface area contributed by atoms with Crippen LogP contribution < -0.4 is 11.1 Å². The van der Waals surface area contributed by atoms with Gasteiger partial charge in [0.1, 0.15) is 0 Å². The van der Waals surface area contributed by atoms with Crippen LogP contribution in [0.4, 0.5) is 5.69 Å². The van der Waals surface area contributed by atoms with Crippen LogP contribution in [0.25, 0.3) is 0 Å². The van der Waals surface area contributed by atoms with Crippen LogP contribution >= 0.6 is 0 Å². The minimum atomic E-state index is 0.0944. The summed E-state index contributed by atoms with van der Waals surface area (Å²) in [5, 5.41) is 2.95. The molecule has 0 aromatic heterocycles. The average molecular weight is 275 g/mol. The molecule has 0 aliphatic carbocycles. The summed E-state index contributed by atoms with van der Waals surface area (Å²) in [7, 11) is 0. The van der Waals surface area contributed by atoms with Crippen molar-refractivity contribution in [1.29, 1.82) is 0 Å². The minimum Gasteiger partial charge on any atom is -0.327 e. The Morgan fingerprint density at radius 1 is 1.50 bits per heavy atom. The SMILES string of the molecule is Cc1cccc(NC(=O)CCCN2CCC[C@@H](N)C2)c1. The molecule has 1 aliphatic rings. The lowest BCUT2D eigenvalue weighted by atomic mass is 10.1. The molecule has 1 aromatic rings. The first-order chi connectivity index (χ1) is 9.63. The normalized spacial score (nSPS) is 19.8. The minimum absolute atomic E-state index is 0.0944. The molecular weight excluding hydrogens is 250 g/mol. The fourth-order valence-corrected chi connectivity index (χ4v) is 2.70. The summed E-state index contributed by atoms with van der Waals surface area (Å²) in [6.07, 6.45) is 3.77. The number of carbonyl (C=O) groups excluding carboxylic acids is 1. The lowest BCUT2D eigenvalue weighted by Gasteiger charge is -2.30. The second kappa shape index (κ2) is 7.41. The maximum atomic E-state index is 11.9. The molecule has 1 atom stereocenters. The molecule has 1 heterocycles. The summed E-state index contributed by atoms with van der Waals surface area (Å²) in [4.78, 5) is 14.2. The van der Waals surface area contributed by atoms with E-state index in [9.17, 15) is 4.79 Å². The summed E-state index contributed by atoms with van der Waals surface area (Å²) >= 11 is 0. The van der Waals surface area contributed by atoms with Gasteiger partial charge in [-0.3, -0.25) is 4.79 Å². The molecule has 1 saturated heterocycles. The van der Waals surface area contributed by atoms with Crippen LogP contribution in [0.15, 0.2) is 24.3 Å². The molecule has 1 aliphatic heterocycles. The van der Waals surface area contributed by atoms with E-state index in [1.807, 2.05) is 31.2 Å². The molecule has 4 nitrogen and oxygen atoms in total. The van der Waals surface area contributed by atoms with Gasteiger partial charge in [-0.25, -0.2) is 0 Å². The van der Waals surface area contributed by atoms with E-state index in [0.717, 1.165) is 43.7 Å². The van der Waals surface area contributed by atoms with Gasteiger partial charge in [0.25, 0.3) is 0 Å². The Bertz CT molecular complexity index is 447. The zero-order chi connectivity index (χ0) is 14.4. The largest absolute Gasteiger partial charge is 0.327 e. The topological polar surface area (TPSA) is 58.4 Å². The van der Waals surface area contributed by atoms with E-state index in [4.69, 9.17) is 5.73 Å². The number of nitrogens with one attached hydrogen (secondary N) is 1. The Hall–Kier alpha value is -1.39. The fourth-order valence-electron chi connectivity index (χ4n) is 2.70. The zero-order valence-electron chi connectivity index (χ0n) is 12.3. The van der Waals surface area contributed by atoms with Gasteiger partial charge >= 0.3 is 0 Å². The van der Waals surface area contributed by atoms with Crippen molar-refractivity contribution in [1.82, 2.24) is 4.90 Å². The molecule has 2 rings (SSSR count). The molecule has 20 heavy (non-hydrogen) atoms. The zero-order valence-corrected chi connectivity index (χ0v) is 12.3. The first-order valence-corrected chi connectivity index (χ1v) is 7.48. The number of benzene rings is 1. The number of nitrogens with two attached hydrogens (primary N) is 1. The number of anilines is 1. The Balaban J connectivity index is 1.67. The van der Waals surface area contributed by atoms with Crippen molar-refractivity contribution < 1.29 is 4.79 Å². The molecule has 1 fully saturated rings. The van der Waals surface area contributed by atoms with Crippen LogP contribution in [0, 0.1) is 6.92 Å². The maximum absolute atomic E-state index is 11.9. The molecule has 4 heteroatoms. The first kappa shape index (κ1) is 15.0. The van der Waals surface area contributed by atoms with Crippen molar-refractivity contribution in [2.75, 3.05) is 25.0 Å². The van der Waals surface area contributed by atoms with Crippen LogP contribution in [0.5, 0.6) is 0 Å². The number of hydrogen-bond donors (Lipinski definition) is 2. The highest BCUT2D eigenvalue weighted by Gasteiger charge is 2.16. The number of amides is 1. The van der Waals surface area contributed by atoms with Gasteiger partial charge in [-0.15, -0.1) is 0 Å². The Labute approximate surface area is 121 Å². The number of aryl methyl sites for hydroxylation is 1. The highest BCUT2D eigenvalue weighted by Crippen LogP contribution is 2.11. The van der Waals surface area contributed by atoms with Crippen molar-refractivity contribution in [3.63, 3.8) is 0 Å². The Morgan fingerprint density at radius 3 is 3.10 bits per heavy atom. The molecule has 3 N–H and O–H groups in total. The van der Waals surface area contributed by atoms with Crippen LogP contribution in [0.1, 0.15) is 31.2 Å². The lowest BCUT2D eigenvalue weighted by molar-refractivity contribution is -0.116. The van der Waals surface area contributed by atoms with E-state index in [1.165, 1.54) is 6.42 Å². The summed E-state index contributed by atoms with van der Waals surface area (Å²) in [5.41, 5.74) is 7.99. The molecule has 0 bridgehead atoms. The number of piperidine rings is 1. The number of likely N-dealkylation sites (tertiary alicyclic amines) is 1. The summed E-state index contributed by atoms with van der Waals surface area (Å²) in [6, 6.07) is 8.20. The van der Waals surface area contributed by atoms with Crippen LogP contribution in [-0.4, -0.2) is 36.5 Å². The fraction of sp³-hybridized carbons (Fsp3) is 0.562. The first-order valence-electron chi connectivity index (χ1n) is 7.48. The number of rotatable bonds is 5. The monoisotopic (exact) mass is 275 g/mol. The van der Waals surface area contributed by atoms with E-state index in [0.29, 0.717) is 12.5 Å². The smallest absolute Gasteiger partial charge is 0.224 e. The van der Waals surface area contributed by atoms with E-state index in [1.54, 1.807) is 0 Å². The second-order valence-corrected chi connectivity index (χ2v) is 5.72. The molecule has 0 unspecified atom stereocenters. The van der Waals surface area contributed by atoms with E-state index in [-0.39, 0.29) is 5.91 Å². The lowest BCUT2D eigenvalue weighted by Crippen LogP contribution is -2.43. The van der Waals surface area contributed by atoms with Crippen molar-refractivity contribution in [2.24, 2.45) is 5.73 Å². The standard InChI is InChI=1S/C16H25N3O/c1-13-5-2-7-15(11-13)18-16(20)8-4-10-19-9-3-6-14(17)12-19/h2,5,7,11,14H,3-4,6,8-10,12,17H2,1H3,(H,18,20)/t14-/m1/s1. The Morgan fingerprint density at radius 2 is 2.35 bits per heavy atom. The van der Waals surface area contributed by atoms with Gasteiger partial charge in [-0.1, -0.05) is 12.1 Å². The van der Waals surface area contributed by atoms with Crippen molar-refractivity contribution in [3.05, 3.63) is 29.8 Å². The third kappa shape index (κ3) is 4.94. The second-order valence-electron chi connectivity index (χ2n) is 5.72. The van der Waals surface area contributed by atoms with Crippen LogP contribution in [-0.2, 0) is 4.79 Å². The highest BCUT2D eigenvalue weighted by molar-refractivity contribution is 5.90. The van der Waals surface area contributed by atoms with Crippen LogP contribution in [0.3, 0.4) is 0 Å². The van der Waals surface area contributed by atoms with Gasteiger partial charge in [0.2, 0.25) is 5.91 Å². The van der Waals surface area contributed by atoms with Gasteiger partial charge in [-0.2, -0.15) is 0 Å².